The quantitative estimate of drug-likeness (QED) is 0.810. The van der Waals surface area contributed by atoms with Crippen LogP contribution in [0.2, 0.25) is 0 Å². The van der Waals surface area contributed by atoms with Crippen LogP contribution in [0.25, 0.3) is 0 Å². The molecule has 1 atom stereocenters. The lowest BCUT2D eigenvalue weighted by Gasteiger charge is -2.13. The van der Waals surface area contributed by atoms with Crippen molar-refractivity contribution in [3.05, 3.63) is 54.3 Å². The van der Waals surface area contributed by atoms with E-state index in [1.807, 2.05) is 19.1 Å². The van der Waals surface area contributed by atoms with Gasteiger partial charge in [0.05, 0.1) is 12.6 Å². The first-order valence-electron chi connectivity index (χ1n) is 7.63. The van der Waals surface area contributed by atoms with Gasteiger partial charge in [0, 0.05) is 11.4 Å². The van der Waals surface area contributed by atoms with Gasteiger partial charge in [-0.1, -0.05) is 6.92 Å². The summed E-state index contributed by atoms with van der Waals surface area (Å²) >= 11 is 0. The van der Waals surface area contributed by atoms with Crippen molar-refractivity contribution in [3.8, 4) is 5.75 Å². The van der Waals surface area contributed by atoms with Crippen LogP contribution in [-0.2, 0) is 4.79 Å². The monoisotopic (exact) mass is 316 g/mol. The SMILES string of the molecule is CCC(C)Oc1ccc(NC(=O)CNc2ccc(F)cc2)cc1. The lowest BCUT2D eigenvalue weighted by molar-refractivity contribution is -0.114. The van der Waals surface area contributed by atoms with Crippen molar-refractivity contribution in [1.29, 1.82) is 0 Å². The van der Waals surface area contributed by atoms with Gasteiger partial charge in [-0.25, -0.2) is 4.39 Å². The fourth-order valence-corrected chi connectivity index (χ4v) is 1.89. The lowest BCUT2D eigenvalue weighted by atomic mass is 10.2. The Balaban J connectivity index is 1.81. The molecule has 0 aliphatic rings. The maximum Gasteiger partial charge on any atom is 0.243 e. The Morgan fingerprint density at radius 1 is 1.09 bits per heavy atom. The van der Waals surface area contributed by atoms with Crippen LogP contribution in [0, 0.1) is 5.82 Å². The number of carbonyl (C=O) groups excluding carboxylic acids is 1. The molecule has 1 unspecified atom stereocenters. The van der Waals surface area contributed by atoms with Gasteiger partial charge >= 0.3 is 0 Å². The fraction of sp³-hybridized carbons (Fsp3) is 0.278. The van der Waals surface area contributed by atoms with Crippen LogP contribution in [0.4, 0.5) is 15.8 Å². The van der Waals surface area contributed by atoms with E-state index < -0.39 is 0 Å². The highest BCUT2D eigenvalue weighted by atomic mass is 19.1. The average molecular weight is 316 g/mol. The smallest absolute Gasteiger partial charge is 0.243 e. The molecule has 5 heteroatoms. The van der Waals surface area contributed by atoms with Gasteiger partial charge in [-0.05, 0) is 61.9 Å². The number of amides is 1. The highest BCUT2D eigenvalue weighted by Crippen LogP contribution is 2.17. The van der Waals surface area contributed by atoms with E-state index in [2.05, 4.69) is 17.6 Å². The number of hydrogen-bond donors (Lipinski definition) is 2. The highest BCUT2D eigenvalue weighted by molar-refractivity contribution is 5.93. The second kappa shape index (κ2) is 8.17. The lowest BCUT2D eigenvalue weighted by Crippen LogP contribution is -2.21. The summed E-state index contributed by atoms with van der Waals surface area (Å²) in [5.74, 6) is 0.298. The molecule has 0 fully saturated rings. The largest absolute Gasteiger partial charge is 0.491 e. The van der Waals surface area contributed by atoms with Crippen molar-refractivity contribution in [2.24, 2.45) is 0 Å². The Hall–Kier alpha value is -2.56. The number of carbonyl (C=O) groups is 1. The second-order valence-corrected chi connectivity index (χ2v) is 5.27. The molecule has 1 amide bonds. The van der Waals surface area contributed by atoms with Crippen molar-refractivity contribution >= 4 is 17.3 Å². The summed E-state index contributed by atoms with van der Waals surface area (Å²) in [6.07, 6.45) is 1.10. The van der Waals surface area contributed by atoms with E-state index in [1.54, 1.807) is 24.3 Å². The summed E-state index contributed by atoms with van der Waals surface area (Å²) in [6.45, 7) is 4.18. The number of anilines is 2. The van der Waals surface area contributed by atoms with Crippen LogP contribution in [0.3, 0.4) is 0 Å². The van der Waals surface area contributed by atoms with Gasteiger partial charge < -0.3 is 15.4 Å². The maximum atomic E-state index is 12.8. The Morgan fingerprint density at radius 2 is 1.70 bits per heavy atom. The summed E-state index contributed by atoms with van der Waals surface area (Å²) in [6, 6.07) is 13.1. The topological polar surface area (TPSA) is 50.4 Å². The zero-order valence-electron chi connectivity index (χ0n) is 13.3. The van der Waals surface area contributed by atoms with Crippen molar-refractivity contribution in [3.63, 3.8) is 0 Å². The van der Waals surface area contributed by atoms with Crippen LogP contribution in [-0.4, -0.2) is 18.6 Å². The predicted molar refractivity (Wildman–Crippen MR) is 90.3 cm³/mol. The molecule has 2 N–H and O–H groups in total. The number of benzene rings is 2. The van der Waals surface area contributed by atoms with E-state index in [9.17, 15) is 9.18 Å². The molecule has 0 saturated carbocycles. The van der Waals surface area contributed by atoms with Crippen LogP contribution >= 0.6 is 0 Å². The van der Waals surface area contributed by atoms with Crippen molar-refractivity contribution in [2.75, 3.05) is 17.2 Å². The molecule has 2 aromatic rings. The van der Waals surface area contributed by atoms with E-state index in [0.29, 0.717) is 11.4 Å². The normalized spacial score (nSPS) is 11.6. The molecule has 0 radical (unpaired) electrons. The number of hydrogen-bond acceptors (Lipinski definition) is 3. The molecule has 0 aromatic heterocycles. The first-order chi connectivity index (χ1) is 11.1. The van der Waals surface area contributed by atoms with Crippen LogP contribution < -0.4 is 15.4 Å². The molecule has 0 aliphatic heterocycles. The van der Waals surface area contributed by atoms with E-state index in [1.165, 1.54) is 12.1 Å². The van der Waals surface area contributed by atoms with Crippen molar-refractivity contribution in [1.82, 2.24) is 0 Å². The van der Waals surface area contributed by atoms with E-state index >= 15 is 0 Å². The van der Waals surface area contributed by atoms with Gasteiger partial charge in [0.1, 0.15) is 11.6 Å². The molecule has 2 aromatic carbocycles. The van der Waals surface area contributed by atoms with Crippen molar-refractivity contribution in [2.45, 2.75) is 26.4 Å². The van der Waals surface area contributed by atoms with Crippen LogP contribution in [0.1, 0.15) is 20.3 Å². The number of ether oxygens (including phenoxy) is 1. The third-order valence-electron chi connectivity index (χ3n) is 3.35. The Labute approximate surface area is 135 Å². The Morgan fingerprint density at radius 3 is 2.30 bits per heavy atom. The minimum Gasteiger partial charge on any atom is -0.491 e. The van der Waals surface area contributed by atoms with Crippen LogP contribution in [0.5, 0.6) is 5.75 Å². The van der Waals surface area contributed by atoms with E-state index in [0.717, 1.165) is 12.2 Å². The minimum atomic E-state index is -0.306. The van der Waals surface area contributed by atoms with Crippen molar-refractivity contribution < 1.29 is 13.9 Å². The fourth-order valence-electron chi connectivity index (χ4n) is 1.89. The zero-order valence-corrected chi connectivity index (χ0v) is 13.3. The standard InChI is InChI=1S/C18H21FN2O2/c1-3-13(2)23-17-10-8-16(9-11-17)21-18(22)12-20-15-6-4-14(19)5-7-15/h4-11,13,20H,3,12H2,1-2H3,(H,21,22). The predicted octanol–water partition coefficient (Wildman–Crippen LogP) is 4.05. The van der Waals surface area contributed by atoms with Gasteiger partial charge in [0.25, 0.3) is 0 Å². The Bertz CT molecular complexity index is 626. The average Bonchev–Trinajstić information content (AvgIpc) is 2.56. The zero-order chi connectivity index (χ0) is 16.7. The van der Waals surface area contributed by atoms with Gasteiger partial charge in [-0.3, -0.25) is 4.79 Å². The third-order valence-corrected chi connectivity index (χ3v) is 3.35. The summed E-state index contributed by atoms with van der Waals surface area (Å²) < 4.78 is 18.5. The second-order valence-electron chi connectivity index (χ2n) is 5.27. The summed E-state index contributed by atoms with van der Waals surface area (Å²) in [4.78, 5) is 11.9. The molecule has 0 heterocycles. The number of rotatable bonds is 7. The molecular formula is C18H21FN2O2. The molecule has 4 nitrogen and oxygen atoms in total. The molecule has 0 spiro atoms. The molecule has 0 saturated heterocycles. The van der Waals surface area contributed by atoms with E-state index in [4.69, 9.17) is 4.74 Å². The summed E-state index contributed by atoms with van der Waals surface area (Å²) in [7, 11) is 0. The first kappa shape index (κ1) is 16.8. The molecule has 0 bridgehead atoms. The van der Waals surface area contributed by atoms with Crippen LogP contribution in [0.15, 0.2) is 48.5 Å². The third kappa shape index (κ3) is 5.62. The molecule has 0 aliphatic carbocycles. The van der Waals surface area contributed by atoms with Gasteiger partial charge in [-0.2, -0.15) is 0 Å². The first-order valence-corrected chi connectivity index (χ1v) is 7.63. The molecule has 23 heavy (non-hydrogen) atoms. The molecule has 2 rings (SSSR count). The van der Waals surface area contributed by atoms with Gasteiger partial charge in [0.2, 0.25) is 5.91 Å². The number of nitrogens with one attached hydrogen (secondary N) is 2. The molecule has 122 valence electrons. The summed E-state index contributed by atoms with van der Waals surface area (Å²) in [5.41, 5.74) is 1.39. The Kier molecular flexibility index (Phi) is 5.97. The molecular weight excluding hydrogens is 295 g/mol. The number of halogens is 1. The van der Waals surface area contributed by atoms with Gasteiger partial charge in [-0.15, -0.1) is 0 Å². The maximum absolute atomic E-state index is 12.8. The van der Waals surface area contributed by atoms with E-state index in [-0.39, 0.29) is 24.4 Å². The highest BCUT2D eigenvalue weighted by Gasteiger charge is 2.04. The van der Waals surface area contributed by atoms with Gasteiger partial charge in [0.15, 0.2) is 0 Å². The summed E-state index contributed by atoms with van der Waals surface area (Å²) in [5, 5.41) is 5.72. The minimum absolute atomic E-state index is 0.108.